The van der Waals surface area contributed by atoms with Crippen LogP contribution >= 0.6 is 0 Å². The van der Waals surface area contributed by atoms with Gasteiger partial charge in [-0.25, -0.2) is 0 Å². The summed E-state index contributed by atoms with van der Waals surface area (Å²) in [6.45, 7) is 11.5. The Kier molecular flexibility index (Phi) is 4.58. The molecule has 0 fully saturated rings. The monoisotopic (exact) mass is 235 g/mol. The molecule has 0 saturated heterocycles. The average molecular weight is 235 g/mol. The fourth-order valence-corrected chi connectivity index (χ4v) is 1.84. The Hall–Kier alpha value is -1.02. The van der Waals surface area contributed by atoms with Crippen LogP contribution in [0, 0.1) is 6.92 Å². The summed E-state index contributed by atoms with van der Waals surface area (Å²) in [5.74, 6) is 0.990. The second-order valence-corrected chi connectivity index (χ2v) is 5.76. The summed E-state index contributed by atoms with van der Waals surface area (Å²) in [4.78, 5) is 0. The quantitative estimate of drug-likeness (QED) is 0.868. The first-order valence-corrected chi connectivity index (χ1v) is 6.32. The lowest BCUT2D eigenvalue weighted by Gasteiger charge is -2.25. The van der Waals surface area contributed by atoms with Crippen LogP contribution in [0.3, 0.4) is 0 Å². The van der Waals surface area contributed by atoms with Gasteiger partial charge in [0.2, 0.25) is 0 Å². The van der Waals surface area contributed by atoms with E-state index in [0.717, 1.165) is 12.2 Å². The number of rotatable bonds is 4. The van der Waals surface area contributed by atoms with Crippen molar-refractivity contribution in [2.75, 3.05) is 6.54 Å². The van der Waals surface area contributed by atoms with Crippen LogP contribution in [0.15, 0.2) is 18.2 Å². The molecule has 0 radical (unpaired) electrons. The van der Waals surface area contributed by atoms with Gasteiger partial charge in [0.1, 0.15) is 5.75 Å². The lowest BCUT2D eigenvalue weighted by Crippen LogP contribution is -2.20. The van der Waals surface area contributed by atoms with Gasteiger partial charge in [0.25, 0.3) is 0 Å². The predicted octanol–water partition coefficient (Wildman–Crippen LogP) is 3.41. The van der Waals surface area contributed by atoms with E-state index in [0.29, 0.717) is 6.54 Å². The third-order valence-electron chi connectivity index (χ3n) is 2.84. The van der Waals surface area contributed by atoms with E-state index in [-0.39, 0.29) is 11.5 Å². The average Bonchev–Trinajstić information content (AvgIpc) is 2.19. The van der Waals surface area contributed by atoms with E-state index >= 15 is 0 Å². The lowest BCUT2D eigenvalue weighted by atomic mass is 9.85. The Morgan fingerprint density at radius 1 is 1.29 bits per heavy atom. The molecule has 1 rings (SSSR count). The van der Waals surface area contributed by atoms with Gasteiger partial charge in [0, 0.05) is 0 Å². The highest BCUT2D eigenvalue weighted by atomic mass is 16.5. The van der Waals surface area contributed by atoms with Gasteiger partial charge in [-0.2, -0.15) is 0 Å². The van der Waals surface area contributed by atoms with Crippen molar-refractivity contribution in [3.63, 3.8) is 0 Å². The predicted molar refractivity (Wildman–Crippen MR) is 73.6 cm³/mol. The highest BCUT2D eigenvalue weighted by molar-refractivity contribution is 5.41. The summed E-state index contributed by atoms with van der Waals surface area (Å²) >= 11 is 0. The minimum atomic E-state index is 0.101. The van der Waals surface area contributed by atoms with Crippen molar-refractivity contribution in [2.45, 2.75) is 52.6 Å². The first kappa shape index (κ1) is 14.0. The molecule has 0 bridgehead atoms. The minimum Gasteiger partial charge on any atom is -0.490 e. The van der Waals surface area contributed by atoms with Gasteiger partial charge in [-0.3, -0.25) is 0 Å². The van der Waals surface area contributed by atoms with Gasteiger partial charge in [-0.1, -0.05) is 38.5 Å². The number of hydrogen-bond acceptors (Lipinski definition) is 2. The van der Waals surface area contributed by atoms with Crippen LogP contribution in [-0.4, -0.2) is 12.6 Å². The Labute approximate surface area is 105 Å². The Morgan fingerprint density at radius 3 is 2.47 bits per heavy atom. The van der Waals surface area contributed by atoms with Crippen LogP contribution in [0.5, 0.6) is 5.75 Å². The first-order chi connectivity index (χ1) is 7.84. The maximum atomic E-state index is 5.99. The minimum absolute atomic E-state index is 0.101. The van der Waals surface area contributed by atoms with E-state index in [1.54, 1.807) is 0 Å². The highest BCUT2D eigenvalue weighted by Gasteiger charge is 2.20. The molecule has 2 heteroatoms. The maximum Gasteiger partial charge on any atom is 0.123 e. The van der Waals surface area contributed by atoms with Crippen LogP contribution < -0.4 is 10.5 Å². The molecule has 1 unspecified atom stereocenters. The van der Waals surface area contributed by atoms with Crippen LogP contribution in [-0.2, 0) is 5.41 Å². The molecule has 0 saturated carbocycles. The van der Waals surface area contributed by atoms with Gasteiger partial charge < -0.3 is 10.5 Å². The van der Waals surface area contributed by atoms with Crippen molar-refractivity contribution in [1.82, 2.24) is 0 Å². The normalized spacial score (nSPS) is 13.5. The molecule has 1 aromatic rings. The molecule has 96 valence electrons. The summed E-state index contributed by atoms with van der Waals surface area (Å²) in [7, 11) is 0. The second kappa shape index (κ2) is 5.54. The molecule has 0 aliphatic heterocycles. The molecule has 0 spiro atoms. The molecule has 1 atom stereocenters. The molecular weight excluding hydrogens is 210 g/mol. The number of benzene rings is 1. The van der Waals surface area contributed by atoms with E-state index in [2.05, 4.69) is 52.8 Å². The SMILES string of the molecule is Cc1ccc(OC(C)CCN)c(C(C)(C)C)c1. The molecule has 0 aliphatic rings. The van der Waals surface area contributed by atoms with Gasteiger partial charge in [0.15, 0.2) is 0 Å². The Morgan fingerprint density at radius 2 is 1.94 bits per heavy atom. The zero-order valence-electron chi connectivity index (χ0n) is 11.7. The molecule has 0 amide bonds. The molecule has 17 heavy (non-hydrogen) atoms. The van der Waals surface area contributed by atoms with Crippen molar-refractivity contribution in [1.29, 1.82) is 0 Å². The lowest BCUT2D eigenvalue weighted by molar-refractivity contribution is 0.209. The number of nitrogens with two attached hydrogens (primary N) is 1. The van der Waals surface area contributed by atoms with Crippen molar-refractivity contribution in [2.24, 2.45) is 5.73 Å². The zero-order chi connectivity index (χ0) is 13.1. The summed E-state index contributed by atoms with van der Waals surface area (Å²) in [6, 6.07) is 6.38. The molecule has 2 N–H and O–H groups in total. The van der Waals surface area contributed by atoms with Gasteiger partial charge in [-0.05, 0) is 43.9 Å². The summed E-state index contributed by atoms with van der Waals surface area (Å²) in [5.41, 5.74) is 8.19. The van der Waals surface area contributed by atoms with Crippen LogP contribution in [0.1, 0.15) is 45.2 Å². The van der Waals surface area contributed by atoms with Crippen LogP contribution in [0.25, 0.3) is 0 Å². The fourth-order valence-electron chi connectivity index (χ4n) is 1.84. The molecule has 0 aromatic heterocycles. The fraction of sp³-hybridized carbons (Fsp3) is 0.600. The van der Waals surface area contributed by atoms with Gasteiger partial charge in [-0.15, -0.1) is 0 Å². The summed E-state index contributed by atoms with van der Waals surface area (Å²) < 4.78 is 5.99. The smallest absolute Gasteiger partial charge is 0.123 e. The highest BCUT2D eigenvalue weighted by Crippen LogP contribution is 2.32. The number of aryl methyl sites for hydroxylation is 1. The topological polar surface area (TPSA) is 35.2 Å². The van der Waals surface area contributed by atoms with Crippen LogP contribution in [0.4, 0.5) is 0 Å². The molecule has 1 aromatic carbocycles. The summed E-state index contributed by atoms with van der Waals surface area (Å²) in [6.07, 6.45) is 1.06. The van der Waals surface area contributed by atoms with Gasteiger partial charge >= 0.3 is 0 Å². The van der Waals surface area contributed by atoms with E-state index in [4.69, 9.17) is 10.5 Å². The Balaban J connectivity index is 2.99. The number of ether oxygens (including phenoxy) is 1. The molecule has 0 aliphatic carbocycles. The van der Waals surface area contributed by atoms with Gasteiger partial charge in [0.05, 0.1) is 6.10 Å². The maximum absolute atomic E-state index is 5.99. The standard InChI is InChI=1S/C15H25NO/c1-11-6-7-14(17-12(2)8-9-16)13(10-11)15(3,4)5/h6-7,10,12H,8-9,16H2,1-5H3. The van der Waals surface area contributed by atoms with E-state index in [1.807, 2.05) is 0 Å². The third-order valence-corrected chi connectivity index (χ3v) is 2.84. The number of hydrogen-bond donors (Lipinski definition) is 1. The van der Waals surface area contributed by atoms with Crippen molar-refractivity contribution in [3.8, 4) is 5.75 Å². The van der Waals surface area contributed by atoms with Crippen molar-refractivity contribution in [3.05, 3.63) is 29.3 Å². The first-order valence-electron chi connectivity index (χ1n) is 6.32. The third kappa shape index (κ3) is 4.04. The Bertz CT molecular complexity index is 366. The van der Waals surface area contributed by atoms with Crippen molar-refractivity contribution >= 4 is 0 Å². The molecule has 2 nitrogen and oxygen atoms in total. The van der Waals surface area contributed by atoms with Crippen molar-refractivity contribution < 1.29 is 4.74 Å². The van der Waals surface area contributed by atoms with E-state index < -0.39 is 0 Å². The molecule has 0 heterocycles. The van der Waals surface area contributed by atoms with E-state index in [1.165, 1.54) is 11.1 Å². The summed E-state index contributed by atoms with van der Waals surface area (Å²) in [5, 5.41) is 0. The zero-order valence-corrected chi connectivity index (χ0v) is 11.7. The largest absolute Gasteiger partial charge is 0.490 e. The molecular formula is C15H25NO. The second-order valence-electron chi connectivity index (χ2n) is 5.76. The van der Waals surface area contributed by atoms with E-state index in [9.17, 15) is 0 Å². The van der Waals surface area contributed by atoms with Crippen LogP contribution in [0.2, 0.25) is 0 Å².